The van der Waals surface area contributed by atoms with Crippen LogP contribution in [0.2, 0.25) is 5.15 Å². The number of halogens is 1. The van der Waals surface area contributed by atoms with Crippen molar-refractivity contribution in [2.75, 3.05) is 42.9 Å². The van der Waals surface area contributed by atoms with E-state index in [1.54, 1.807) is 6.20 Å². The monoisotopic (exact) mass is 472 g/mol. The van der Waals surface area contributed by atoms with E-state index < -0.39 is 0 Å². The zero-order valence-corrected chi connectivity index (χ0v) is 19.6. The first-order valence-corrected chi connectivity index (χ1v) is 11.9. The molecule has 1 aliphatic heterocycles. The molecular formula is C25H25ClN8. The zero-order valence-electron chi connectivity index (χ0n) is 18.9. The summed E-state index contributed by atoms with van der Waals surface area (Å²) in [5.74, 6) is 0.762. The molecule has 2 N–H and O–H groups in total. The molecule has 0 saturated carbocycles. The van der Waals surface area contributed by atoms with Gasteiger partial charge in [0.05, 0.1) is 29.3 Å². The molecule has 0 bridgehead atoms. The Kier molecular flexibility index (Phi) is 5.31. The molecule has 1 aromatic carbocycles. The Bertz CT molecular complexity index is 1450. The number of hydrogen-bond acceptors (Lipinski definition) is 6. The Morgan fingerprint density at radius 2 is 1.91 bits per heavy atom. The minimum Gasteiger partial charge on any atom is -0.368 e. The Morgan fingerprint density at radius 3 is 2.71 bits per heavy atom. The molecule has 1 fully saturated rings. The molecule has 9 heteroatoms. The van der Waals surface area contributed by atoms with Crippen molar-refractivity contribution < 1.29 is 0 Å². The average molecular weight is 473 g/mol. The van der Waals surface area contributed by atoms with Crippen LogP contribution in [-0.2, 0) is 0 Å². The number of anilines is 3. The fourth-order valence-corrected chi connectivity index (χ4v) is 4.87. The highest BCUT2D eigenvalue weighted by molar-refractivity contribution is 6.32. The van der Waals surface area contributed by atoms with Crippen molar-refractivity contribution in [3.05, 3.63) is 66.3 Å². The van der Waals surface area contributed by atoms with Gasteiger partial charge in [-0.2, -0.15) is 5.10 Å². The summed E-state index contributed by atoms with van der Waals surface area (Å²) in [6.45, 7) is 7.55. The van der Waals surface area contributed by atoms with Crippen LogP contribution in [0, 0.1) is 0 Å². The van der Waals surface area contributed by atoms with Gasteiger partial charge in [-0.25, -0.2) is 9.97 Å². The van der Waals surface area contributed by atoms with Crippen LogP contribution in [0.3, 0.4) is 0 Å². The molecule has 6 rings (SSSR count). The molecule has 4 aromatic heterocycles. The molecule has 8 nitrogen and oxygen atoms in total. The van der Waals surface area contributed by atoms with E-state index in [2.05, 4.69) is 60.4 Å². The van der Waals surface area contributed by atoms with Crippen LogP contribution in [0.15, 0.2) is 61.2 Å². The number of hydrogen-bond donors (Lipinski definition) is 2. The number of imidazole rings is 1. The third kappa shape index (κ3) is 3.74. The van der Waals surface area contributed by atoms with Gasteiger partial charge in [0.1, 0.15) is 11.0 Å². The van der Waals surface area contributed by atoms with Crippen molar-refractivity contribution in [3.8, 4) is 11.1 Å². The normalized spacial score (nSPS) is 14.8. The molecule has 1 aliphatic rings. The maximum Gasteiger partial charge on any atom is 0.161 e. The third-order valence-electron chi connectivity index (χ3n) is 6.55. The van der Waals surface area contributed by atoms with E-state index in [0.29, 0.717) is 5.15 Å². The minimum absolute atomic E-state index is 0.603. The predicted octanol–water partition coefficient (Wildman–Crippen LogP) is 4.81. The molecular weight excluding hydrogens is 448 g/mol. The molecule has 0 unspecified atom stereocenters. The van der Waals surface area contributed by atoms with Gasteiger partial charge in [-0.05, 0) is 36.4 Å². The highest BCUT2D eigenvalue weighted by Gasteiger charge is 2.17. The molecule has 0 amide bonds. The van der Waals surface area contributed by atoms with E-state index in [1.165, 1.54) is 0 Å². The second-order valence-corrected chi connectivity index (χ2v) is 8.86. The van der Waals surface area contributed by atoms with Crippen LogP contribution in [0.4, 0.5) is 17.2 Å². The molecule has 5 heterocycles. The average Bonchev–Trinajstić information content (AvgIpc) is 3.56. The summed E-state index contributed by atoms with van der Waals surface area (Å²) in [5.41, 5.74) is 5.60. The lowest BCUT2D eigenvalue weighted by Gasteiger charge is -2.35. The van der Waals surface area contributed by atoms with E-state index >= 15 is 0 Å². The van der Waals surface area contributed by atoms with Crippen LogP contribution in [0.5, 0.6) is 0 Å². The Labute approximate surface area is 202 Å². The summed E-state index contributed by atoms with van der Waals surface area (Å²) in [5, 5.41) is 12.3. The van der Waals surface area contributed by atoms with Crippen LogP contribution in [-0.4, -0.2) is 62.2 Å². The summed E-state index contributed by atoms with van der Waals surface area (Å²) >= 11 is 6.79. The number of nitrogens with zero attached hydrogens (tertiary/aromatic N) is 6. The van der Waals surface area contributed by atoms with Crippen molar-refractivity contribution in [2.45, 2.75) is 6.92 Å². The molecule has 1 saturated heterocycles. The van der Waals surface area contributed by atoms with E-state index in [0.717, 1.165) is 77.6 Å². The van der Waals surface area contributed by atoms with Crippen molar-refractivity contribution in [1.82, 2.24) is 29.5 Å². The minimum atomic E-state index is 0.603. The van der Waals surface area contributed by atoms with Gasteiger partial charge in [0.2, 0.25) is 0 Å². The molecule has 0 aliphatic carbocycles. The number of likely N-dealkylation sites (N-methyl/N-ethyl adjacent to an activating group) is 1. The summed E-state index contributed by atoms with van der Waals surface area (Å²) in [4.78, 5) is 14.1. The molecule has 34 heavy (non-hydrogen) atoms. The second-order valence-electron chi connectivity index (χ2n) is 8.50. The Balaban J connectivity index is 1.31. The number of piperazine rings is 1. The lowest BCUT2D eigenvalue weighted by atomic mass is 10.1. The van der Waals surface area contributed by atoms with Gasteiger partial charge >= 0.3 is 0 Å². The lowest BCUT2D eigenvalue weighted by molar-refractivity contribution is 0.271. The van der Waals surface area contributed by atoms with E-state index in [4.69, 9.17) is 11.6 Å². The van der Waals surface area contributed by atoms with Crippen LogP contribution in [0.25, 0.3) is 27.7 Å². The van der Waals surface area contributed by atoms with Gasteiger partial charge in [0, 0.05) is 49.5 Å². The van der Waals surface area contributed by atoms with Gasteiger partial charge in [0.25, 0.3) is 0 Å². The number of pyridine rings is 2. The van der Waals surface area contributed by atoms with Gasteiger partial charge < -0.3 is 15.1 Å². The molecule has 172 valence electrons. The number of fused-ring (bicyclic) bond motifs is 2. The summed E-state index contributed by atoms with van der Waals surface area (Å²) in [6.07, 6.45) is 7.37. The van der Waals surface area contributed by atoms with E-state index in [-0.39, 0.29) is 0 Å². The van der Waals surface area contributed by atoms with Crippen LogP contribution >= 0.6 is 11.6 Å². The Hall–Kier alpha value is -3.62. The molecule has 5 aromatic rings. The van der Waals surface area contributed by atoms with Gasteiger partial charge in [-0.15, -0.1) is 0 Å². The first-order valence-electron chi connectivity index (χ1n) is 11.5. The fourth-order valence-electron chi connectivity index (χ4n) is 4.57. The Morgan fingerprint density at radius 1 is 1.03 bits per heavy atom. The molecule has 0 atom stereocenters. The third-order valence-corrected chi connectivity index (χ3v) is 6.94. The number of aromatic amines is 1. The first kappa shape index (κ1) is 20.9. The number of rotatable bonds is 5. The highest BCUT2D eigenvalue weighted by atomic mass is 35.5. The SMILES string of the molecule is CCN1CCN(c2ccc(Nc3cc(-c4ccc5cn[nH]c5c4)c(Cl)n4ccnc34)nc2)CC1. The second kappa shape index (κ2) is 8.62. The molecule has 0 spiro atoms. The van der Waals surface area contributed by atoms with Gasteiger partial charge in [-0.1, -0.05) is 30.7 Å². The molecule has 0 radical (unpaired) electrons. The lowest BCUT2D eigenvalue weighted by Crippen LogP contribution is -2.46. The van der Waals surface area contributed by atoms with Crippen molar-refractivity contribution in [2.24, 2.45) is 0 Å². The maximum atomic E-state index is 6.79. The maximum absolute atomic E-state index is 6.79. The topological polar surface area (TPSA) is 77.4 Å². The predicted molar refractivity (Wildman–Crippen MR) is 137 cm³/mol. The summed E-state index contributed by atoms with van der Waals surface area (Å²) < 4.78 is 1.89. The zero-order chi connectivity index (χ0) is 23.1. The summed E-state index contributed by atoms with van der Waals surface area (Å²) in [6, 6.07) is 12.3. The largest absolute Gasteiger partial charge is 0.368 e. The first-order chi connectivity index (χ1) is 16.7. The quantitative estimate of drug-likeness (QED) is 0.357. The highest BCUT2D eigenvalue weighted by Crippen LogP contribution is 2.35. The smallest absolute Gasteiger partial charge is 0.161 e. The number of aromatic nitrogens is 5. The van der Waals surface area contributed by atoms with Crippen molar-refractivity contribution >= 4 is 45.3 Å². The van der Waals surface area contributed by atoms with Gasteiger partial charge in [0.15, 0.2) is 5.65 Å². The van der Waals surface area contributed by atoms with Crippen LogP contribution < -0.4 is 10.2 Å². The van der Waals surface area contributed by atoms with Crippen molar-refractivity contribution in [3.63, 3.8) is 0 Å². The summed E-state index contributed by atoms with van der Waals surface area (Å²) in [7, 11) is 0. The number of benzene rings is 1. The number of nitrogens with one attached hydrogen (secondary N) is 2. The van der Waals surface area contributed by atoms with E-state index in [9.17, 15) is 0 Å². The van der Waals surface area contributed by atoms with E-state index in [1.807, 2.05) is 41.2 Å². The van der Waals surface area contributed by atoms with Crippen molar-refractivity contribution in [1.29, 1.82) is 0 Å². The standard InChI is InChI=1S/C25H25ClN8/c1-2-32-9-11-33(12-10-32)19-5-6-23(28-16-19)30-22-14-20(24(26)34-8-7-27-25(22)34)17-3-4-18-15-29-31-21(18)13-17/h3-8,13-16H,2,9-12H2,1H3,(H,28,30)(H,29,31). The van der Waals surface area contributed by atoms with Gasteiger partial charge in [-0.3, -0.25) is 9.50 Å². The number of H-pyrrole nitrogens is 1. The van der Waals surface area contributed by atoms with Crippen LogP contribution in [0.1, 0.15) is 6.92 Å². The fraction of sp³-hybridized carbons (Fsp3) is 0.240.